The first-order valence-electron chi connectivity index (χ1n) is 6.12. The fourth-order valence-corrected chi connectivity index (χ4v) is 3.41. The van der Waals surface area contributed by atoms with Crippen molar-refractivity contribution in [3.63, 3.8) is 0 Å². The van der Waals surface area contributed by atoms with Crippen LogP contribution in [0.15, 0.2) is 0 Å². The molecule has 3 nitrogen and oxygen atoms in total. The van der Waals surface area contributed by atoms with Gasteiger partial charge in [-0.3, -0.25) is 4.79 Å². The highest BCUT2D eigenvalue weighted by Crippen LogP contribution is 2.58. The SMILES string of the molecule is O=C1NC2(CCC(CO)CC2)CC12CC2. The molecule has 2 spiro atoms. The van der Waals surface area contributed by atoms with Crippen molar-refractivity contribution in [2.75, 3.05) is 6.61 Å². The van der Waals surface area contributed by atoms with Gasteiger partial charge in [-0.1, -0.05) is 0 Å². The van der Waals surface area contributed by atoms with Gasteiger partial charge < -0.3 is 10.4 Å². The van der Waals surface area contributed by atoms with Crippen LogP contribution < -0.4 is 5.32 Å². The zero-order valence-corrected chi connectivity index (χ0v) is 9.09. The zero-order valence-electron chi connectivity index (χ0n) is 9.09. The summed E-state index contributed by atoms with van der Waals surface area (Å²) < 4.78 is 0. The van der Waals surface area contributed by atoms with Crippen LogP contribution in [0.3, 0.4) is 0 Å². The molecule has 0 aromatic rings. The van der Waals surface area contributed by atoms with Crippen LogP contribution in [0.4, 0.5) is 0 Å². The largest absolute Gasteiger partial charge is 0.396 e. The minimum absolute atomic E-state index is 0.0477. The van der Waals surface area contributed by atoms with Crippen molar-refractivity contribution in [3.05, 3.63) is 0 Å². The highest BCUT2D eigenvalue weighted by atomic mass is 16.3. The summed E-state index contributed by atoms with van der Waals surface area (Å²) in [6, 6.07) is 0. The molecule has 0 aromatic carbocycles. The number of rotatable bonds is 1. The van der Waals surface area contributed by atoms with Gasteiger partial charge in [0.25, 0.3) is 0 Å². The molecule has 84 valence electrons. The molecule has 3 rings (SSSR count). The maximum absolute atomic E-state index is 11.8. The molecule has 3 aliphatic rings. The van der Waals surface area contributed by atoms with Crippen LogP contribution in [0, 0.1) is 11.3 Å². The van der Waals surface area contributed by atoms with Gasteiger partial charge in [0.1, 0.15) is 0 Å². The number of hydrogen-bond acceptors (Lipinski definition) is 2. The summed E-state index contributed by atoms with van der Waals surface area (Å²) in [6.45, 7) is 0.315. The van der Waals surface area contributed by atoms with Gasteiger partial charge in [0.05, 0.1) is 5.41 Å². The Balaban J connectivity index is 1.70. The number of amides is 1. The minimum atomic E-state index is 0.0477. The summed E-state index contributed by atoms with van der Waals surface area (Å²) in [7, 11) is 0. The predicted octanol–water partition coefficient (Wildman–Crippen LogP) is 1.21. The van der Waals surface area contributed by atoms with Crippen molar-refractivity contribution in [2.45, 2.75) is 50.5 Å². The summed E-state index contributed by atoms with van der Waals surface area (Å²) >= 11 is 0. The molecule has 0 radical (unpaired) electrons. The van der Waals surface area contributed by atoms with Gasteiger partial charge in [0, 0.05) is 12.1 Å². The molecule has 0 aromatic heterocycles. The average molecular weight is 209 g/mol. The number of carbonyl (C=O) groups excluding carboxylic acids is 1. The Morgan fingerprint density at radius 3 is 2.40 bits per heavy atom. The molecule has 1 amide bonds. The van der Waals surface area contributed by atoms with Gasteiger partial charge in [-0.2, -0.15) is 0 Å². The zero-order chi connectivity index (χ0) is 10.5. The molecule has 15 heavy (non-hydrogen) atoms. The van der Waals surface area contributed by atoms with E-state index < -0.39 is 0 Å². The van der Waals surface area contributed by atoms with E-state index in [4.69, 9.17) is 5.11 Å². The Kier molecular flexibility index (Phi) is 1.91. The summed E-state index contributed by atoms with van der Waals surface area (Å²) in [5, 5.41) is 12.3. The van der Waals surface area contributed by atoms with Crippen LogP contribution in [-0.2, 0) is 4.79 Å². The van der Waals surface area contributed by atoms with Crippen LogP contribution >= 0.6 is 0 Å². The standard InChI is InChI=1S/C12H19NO2/c14-7-9-1-3-12(4-2-9)8-11(5-6-11)10(15)13-12/h9,14H,1-8H2,(H,13,15). The number of aliphatic hydroxyl groups excluding tert-OH is 1. The van der Waals surface area contributed by atoms with E-state index >= 15 is 0 Å². The van der Waals surface area contributed by atoms with Gasteiger partial charge in [0.2, 0.25) is 5.91 Å². The smallest absolute Gasteiger partial charge is 0.226 e. The van der Waals surface area contributed by atoms with E-state index in [1.165, 1.54) is 0 Å². The minimum Gasteiger partial charge on any atom is -0.396 e. The Hall–Kier alpha value is -0.570. The van der Waals surface area contributed by atoms with Gasteiger partial charge in [0.15, 0.2) is 0 Å². The molecule has 1 saturated heterocycles. The third-order valence-corrected chi connectivity index (χ3v) is 4.71. The van der Waals surface area contributed by atoms with E-state index in [0.29, 0.717) is 18.4 Å². The molecule has 1 aliphatic heterocycles. The van der Waals surface area contributed by atoms with E-state index in [2.05, 4.69) is 5.32 Å². The normalized spacial score (nSPS) is 42.2. The molecule has 1 heterocycles. The highest BCUT2D eigenvalue weighted by molar-refractivity contribution is 5.88. The molecule has 2 saturated carbocycles. The fourth-order valence-electron chi connectivity index (χ4n) is 3.41. The van der Waals surface area contributed by atoms with Crippen LogP contribution in [0.25, 0.3) is 0 Å². The molecule has 3 fully saturated rings. The molecule has 2 N–H and O–H groups in total. The Morgan fingerprint density at radius 1 is 1.27 bits per heavy atom. The third kappa shape index (κ3) is 1.40. The van der Waals surface area contributed by atoms with E-state index in [-0.39, 0.29) is 11.0 Å². The highest BCUT2D eigenvalue weighted by Gasteiger charge is 2.60. The van der Waals surface area contributed by atoms with Crippen molar-refractivity contribution in [2.24, 2.45) is 11.3 Å². The molecule has 0 atom stereocenters. The quantitative estimate of drug-likeness (QED) is 0.682. The van der Waals surface area contributed by atoms with Crippen molar-refractivity contribution < 1.29 is 9.90 Å². The summed E-state index contributed by atoms with van der Waals surface area (Å²) in [4.78, 5) is 11.8. The van der Waals surface area contributed by atoms with Crippen LogP contribution in [0.1, 0.15) is 44.9 Å². The summed E-state index contributed by atoms with van der Waals surface area (Å²) in [5.74, 6) is 0.785. The Bertz CT molecular complexity index is 288. The second-order valence-corrected chi connectivity index (χ2v) is 5.82. The molecule has 0 bridgehead atoms. The van der Waals surface area contributed by atoms with Crippen LogP contribution in [-0.4, -0.2) is 23.2 Å². The first-order valence-corrected chi connectivity index (χ1v) is 6.12. The summed E-state index contributed by atoms with van der Waals surface area (Å²) in [5.41, 5.74) is 0.158. The van der Waals surface area contributed by atoms with E-state index in [9.17, 15) is 4.79 Å². The van der Waals surface area contributed by atoms with Crippen LogP contribution in [0.2, 0.25) is 0 Å². The van der Waals surface area contributed by atoms with Crippen molar-refractivity contribution in [1.82, 2.24) is 5.32 Å². The van der Waals surface area contributed by atoms with Gasteiger partial charge in [-0.05, 0) is 50.9 Å². The number of hydrogen-bond donors (Lipinski definition) is 2. The Labute approximate surface area is 90.2 Å². The maximum Gasteiger partial charge on any atom is 0.226 e. The second kappa shape index (κ2) is 2.97. The first-order chi connectivity index (χ1) is 7.18. The third-order valence-electron chi connectivity index (χ3n) is 4.71. The van der Waals surface area contributed by atoms with E-state index in [1.807, 2.05) is 0 Å². The summed E-state index contributed by atoms with van der Waals surface area (Å²) in [6.07, 6.45) is 7.57. The van der Waals surface area contributed by atoms with Crippen LogP contribution in [0.5, 0.6) is 0 Å². The van der Waals surface area contributed by atoms with Gasteiger partial charge >= 0.3 is 0 Å². The molecule has 2 aliphatic carbocycles. The molecular weight excluding hydrogens is 190 g/mol. The molecular formula is C12H19NO2. The number of nitrogens with one attached hydrogen (secondary N) is 1. The van der Waals surface area contributed by atoms with Gasteiger partial charge in [-0.15, -0.1) is 0 Å². The van der Waals surface area contributed by atoms with E-state index in [1.54, 1.807) is 0 Å². The van der Waals surface area contributed by atoms with Gasteiger partial charge in [-0.25, -0.2) is 0 Å². The van der Waals surface area contributed by atoms with Crippen molar-refractivity contribution >= 4 is 5.91 Å². The van der Waals surface area contributed by atoms with E-state index in [0.717, 1.165) is 44.9 Å². The lowest BCUT2D eigenvalue weighted by molar-refractivity contribution is -0.124. The first kappa shape index (κ1) is 9.64. The predicted molar refractivity (Wildman–Crippen MR) is 56.2 cm³/mol. The Morgan fingerprint density at radius 2 is 1.93 bits per heavy atom. The van der Waals surface area contributed by atoms with Crippen molar-refractivity contribution in [1.29, 1.82) is 0 Å². The van der Waals surface area contributed by atoms with Crippen molar-refractivity contribution in [3.8, 4) is 0 Å². The second-order valence-electron chi connectivity index (χ2n) is 5.82. The number of aliphatic hydroxyl groups is 1. The average Bonchev–Trinajstić information content (AvgIpc) is 2.94. The lowest BCUT2D eigenvalue weighted by atomic mass is 9.74. The molecule has 0 unspecified atom stereocenters. The number of carbonyl (C=O) groups is 1. The molecule has 3 heteroatoms. The lowest BCUT2D eigenvalue weighted by Crippen LogP contribution is -2.44. The fraction of sp³-hybridized carbons (Fsp3) is 0.917. The topological polar surface area (TPSA) is 49.3 Å². The monoisotopic (exact) mass is 209 g/mol. The lowest BCUT2D eigenvalue weighted by Gasteiger charge is -2.36. The maximum atomic E-state index is 11.8.